The monoisotopic (exact) mass is 557 g/mol. The number of rotatable bonds is 5. The van der Waals surface area contributed by atoms with Crippen molar-refractivity contribution in [3.63, 3.8) is 0 Å². The zero-order valence-electron chi connectivity index (χ0n) is 21.8. The quantitative estimate of drug-likeness (QED) is 0.293. The van der Waals surface area contributed by atoms with Gasteiger partial charge in [-0.05, 0) is 67.8 Å². The normalized spacial score (nSPS) is 16.5. The maximum absolute atomic E-state index is 14.5. The van der Waals surface area contributed by atoms with Gasteiger partial charge in [-0.25, -0.2) is 9.18 Å². The topological polar surface area (TPSA) is 91.0 Å². The molecule has 1 amide bonds. The average Bonchev–Trinajstić information content (AvgIpc) is 3.59. The first-order chi connectivity index (χ1) is 19.3. The summed E-state index contributed by atoms with van der Waals surface area (Å²) in [5.41, 5.74) is 3.82. The van der Waals surface area contributed by atoms with Crippen LogP contribution in [0.4, 0.5) is 4.39 Å². The average molecular weight is 558 g/mol. The van der Waals surface area contributed by atoms with E-state index in [0.29, 0.717) is 29.7 Å². The summed E-state index contributed by atoms with van der Waals surface area (Å²) < 4.78 is 23.4. The van der Waals surface area contributed by atoms with E-state index < -0.39 is 23.2 Å². The number of ether oxygens (including phenoxy) is 1. The van der Waals surface area contributed by atoms with Crippen LogP contribution < -0.4 is 5.32 Å². The van der Waals surface area contributed by atoms with Gasteiger partial charge >= 0.3 is 5.97 Å². The van der Waals surface area contributed by atoms with Crippen LogP contribution in [0.1, 0.15) is 44.0 Å². The number of hydrogen-bond acceptors (Lipinski definition) is 5. The summed E-state index contributed by atoms with van der Waals surface area (Å²) in [5.74, 6) is -1.21. The lowest BCUT2D eigenvalue weighted by Crippen LogP contribution is -2.51. The Morgan fingerprint density at radius 3 is 2.60 bits per heavy atom. The molecule has 1 N–H and O–H groups in total. The van der Waals surface area contributed by atoms with Gasteiger partial charge in [-0.1, -0.05) is 35.4 Å². The lowest BCUT2D eigenvalue weighted by Gasteiger charge is -2.40. The molecule has 1 aliphatic heterocycles. The van der Waals surface area contributed by atoms with Crippen molar-refractivity contribution in [2.45, 2.75) is 31.8 Å². The van der Waals surface area contributed by atoms with Gasteiger partial charge in [0.1, 0.15) is 18.5 Å². The Kier molecular flexibility index (Phi) is 6.38. The summed E-state index contributed by atoms with van der Waals surface area (Å²) in [5, 5.41) is 11.8. The maximum Gasteiger partial charge on any atom is 0.340 e. The number of fused-ring (bicyclic) bond motifs is 3. The van der Waals surface area contributed by atoms with E-state index in [0.717, 1.165) is 22.2 Å². The van der Waals surface area contributed by atoms with Crippen molar-refractivity contribution in [3.8, 4) is 5.69 Å². The summed E-state index contributed by atoms with van der Waals surface area (Å²) in [6.45, 7) is 2.25. The van der Waals surface area contributed by atoms with Crippen LogP contribution >= 0.6 is 11.6 Å². The fourth-order valence-electron chi connectivity index (χ4n) is 5.64. The number of benzene rings is 3. The molecule has 0 fully saturated rings. The molecule has 3 aromatic carbocycles. The van der Waals surface area contributed by atoms with Gasteiger partial charge in [-0.3, -0.25) is 9.36 Å². The first kappa shape index (κ1) is 25.8. The summed E-state index contributed by atoms with van der Waals surface area (Å²) in [4.78, 5) is 26.7. The van der Waals surface area contributed by atoms with E-state index in [9.17, 15) is 14.0 Å². The van der Waals surface area contributed by atoms with Crippen LogP contribution in [0.15, 0.2) is 73.3 Å². The molecule has 0 spiro atoms. The highest BCUT2D eigenvalue weighted by molar-refractivity contribution is 6.34. The zero-order valence-corrected chi connectivity index (χ0v) is 22.6. The van der Waals surface area contributed by atoms with Gasteiger partial charge in [-0.2, -0.15) is 0 Å². The minimum Gasteiger partial charge on any atom is -0.465 e. The molecule has 0 radical (unpaired) electrons. The Bertz CT molecular complexity index is 1780. The molecular formula is C30H25ClFN5O3. The van der Waals surface area contributed by atoms with Gasteiger partial charge in [0.15, 0.2) is 0 Å². The molecule has 40 heavy (non-hydrogen) atoms. The highest BCUT2D eigenvalue weighted by Crippen LogP contribution is 2.40. The van der Waals surface area contributed by atoms with Gasteiger partial charge < -0.3 is 14.6 Å². The Morgan fingerprint density at radius 2 is 1.88 bits per heavy atom. The van der Waals surface area contributed by atoms with Gasteiger partial charge in [0, 0.05) is 22.3 Å². The fourth-order valence-corrected chi connectivity index (χ4v) is 5.90. The standard InChI is InChI=1S/C30H25ClFN5O3/c1-18-6-9-25-23(12-18)27(29(39)40-2)26-10-11-30(15-37(25)26,19-4-3-5-20(32)13-19)35-28(38)22-8-7-21(14-24(22)31)36-16-33-34-17-36/h3-9,12-14,16-17H,10-11,15H2,1-2H3,(H,35,38)/t30-/m1/s1. The molecule has 5 aromatic rings. The number of hydrogen-bond donors (Lipinski definition) is 1. The minimum absolute atomic E-state index is 0.254. The molecule has 8 nitrogen and oxygen atoms in total. The number of halogens is 2. The van der Waals surface area contributed by atoms with Gasteiger partial charge in [0.05, 0.1) is 35.3 Å². The van der Waals surface area contributed by atoms with E-state index in [1.165, 1.54) is 31.9 Å². The zero-order chi connectivity index (χ0) is 28.0. The van der Waals surface area contributed by atoms with Crippen LogP contribution in [0, 0.1) is 12.7 Å². The number of carbonyl (C=O) groups excluding carboxylic acids is 2. The van der Waals surface area contributed by atoms with E-state index >= 15 is 0 Å². The molecule has 0 saturated heterocycles. The van der Waals surface area contributed by atoms with E-state index in [-0.39, 0.29) is 17.1 Å². The summed E-state index contributed by atoms with van der Waals surface area (Å²) in [7, 11) is 1.37. The number of nitrogens with zero attached hydrogens (tertiary/aromatic N) is 4. The van der Waals surface area contributed by atoms with E-state index in [1.807, 2.05) is 35.8 Å². The van der Waals surface area contributed by atoms with Crippen molar-refractivity contribution in [1.82, 2.24) is 24.6 Å². The van der Waals surface area contributed by atoms with Crippen LogP contribution in [0.25, 0.3) is 16.6 Å². The third-order valence-electron chi connectivity index (χ3n) is 7.58. The number of nitrogens with one attached hydrogen (secondary N) is 1. The van der Waals surface area contributed by atoms with Crippen molar-refractivity contribution in [2.24, 2.45) is 0 Å². The van der Waals surface area contributed by atoms with Crippen LogP contribution in [0.2, 0.25) is 5.02 Å². The van der Waals surface area contributed by atoms with Crippen LogP contribution in [0.5, 0.6) is 0 Å². The minimum atomic E-state index is -0.979. The van der Waals surface area contributed by atoms with Crippen molar-refractivity contribution >= 4 is 34.4 Å². The van der Waals surface area contributed by atoms with Crippen molar-refractivity contribution in [2.75, 3.05) is 7.11 Å². The number of amides is 1. The van der Waals surface area contributed by atoms with Crippen LogP contribution in [-0.2, 0) is 23.2 Å². The molecule has 0 saturated carbocycles. The molecule has 2 aromatic heterocycles. The smallest absolute Gasteiger partial charge is 0.340 e. The second kappa shape index (κ2) is 9.91. The summed E-state index contributed by atoms with van der Waals surface area (Å²) in [6.07, 6.45) is 3.96. The molecule has 1 atom stereocenters. The molecule has 1 aliphatic rings. The second-order valence-corrected chi connectivity index (χ2v) is 10.4. The molecule has 3 heterocycles. The maximum atomic E-state index is 14.5. The predicted molar refractivity (Wildman–Crippen MR) is 148 cm³/mol. The largest absolute Gasteiger partial charge is 0.465 e. The Balaban J connectivity index is 1.45. The predicted octanol–water partition coefficient (Wildman–Crippen LogP) is 5.38. The molecule has 10 heteroatoms. The van der Waals surface area contributed by atoms with Crippen molar-refractivity contribution in [1.29, 1.82) is 0 Å². The first-order valence-electron chi connectivity index (χ1n) is 12.7. The van der Waals surface area contributed by atoms with Crippen molar-refractivity contribution in [3.05, 3.63) is 112 Å². The lowest BCUT2D eigenvalue weighted by atomic mass is 9.81. The molecule has 0 unspecified atom stereocenters. The van der Waals surface area contributed by atoms with Gasteiger partial charge in [0.25, 0.3) is 5.91 Å². The third kappa shape index (κ3) is 4.32. The number of methoxy groups -OCH3 is 1. The Labute approximate surface area is 234 Å². The summed E-state index contributed by atoms with van der Waals surface area (Å²) in [6, 6.07) is 17.2. The van der Waals surface area contributed by atoms with Crippen LogP contribution in [0.3, 0.4) is 0 Å². The molecular weight excluding hydrogens is 533 g/mol. The third-order valence-corrected chi connectivity index (χ3v) is 7.89. The van der Waals surface area contributed by atoms with Gasteiger partial charge in [-0.15, -0.1) is 10.2 Å². The highest BCUT2D eigenvalue weighted by atomic mass is 35.5. The van der Waals surface area contributed by atoms with Crippen LogP contribution in [-0.4, -0.2) is 38.3 Å². The Hall–Kier alpha value is -4.50. The number of esters is 1. The highest BCUT2D eigenvalue weighted by Gasteiger charge is 2.41. The lowest BCUT2D eigenvalue weighted by molar-refractivity contribution is 0.0598. The fraction of sp³-hybridized carbons (Fsp3) is 0.200. The SMILES string of the molecule is COC(=O)c1c2n(c3ccc(C)cc13)C[C@@](NC(=O)c1ccc(-n3cnnc3)cc1Cl)(c1cccc(F)c1)CC2. The number of aryl methyl sites for hydroxylation is 1. The van der Waals surface area contributed by atoms with E-state index in [2.05, 4.69) is 15.5 Å². The molecule has 6 rings (SSSR count). The second-order valence-electron chi connectivity index (χ2n) is 10.00. The first-order valence-corrected chi connectivity index (χ1v) is 13.1. The van der Waals surface area contributed by atoms with Gasteiger partial charge in [0.2, 0.25) is 0 Å². The van der Waals surface area contributed by atoms with E-state index in [1.54, 1.807) is 28.8 Å². The summed E-state index contributed by atoms with van der Waals surface area (Å²) >= 11 is 6.57. The Morgan fingerprint density at radius 1 is 1.07 bits per heavy atom. The molecule has 0 aliphatic carbocycles. The van der Waals surface area contributed by atoms with Crippen molar-refractivity contribution < 1.29 is 18.7 Å². The molecule has 0 bridgehead atoms. The molecule has 202 valence electrons. The number of carbonyl (C=O) groups is 2. The van der Waals surface area contributed by atoms with E-state index in [4.69, 9.17) is 16.3 Å². The number of aromatic nitrogens is 4.